The molecule has 2 nitrogen and oxygen atoms in total. The minimum atomic E-state index is -0.197. The normalized spacial score (nSPS) is 12.2. The maximum atomic E-state index is 10.4. The minimum absolute atomic E-state index is 0.197. The molecular weight excluding hydrogens is 172 g/mol. The fourth-order valence-electron chi connectivity index (χ4n) is 0.901. The van der Waals surface area contributed by atoms with Crippen molar-refractivity contribution in [2.24, 2.45) is 5.92 Å². The number of hydrogen-bond acceptors (Lipinski definition) is 3. The Morgan fingerprint density at radius 3 is 2.75 bits per heavy atom. The summed E-state index contributed by atoms with van der Waals surface area (Å²) >= 11 is 4.71. The summed E-state index contributed by atoms with van der Waals surface area (Å²) < 4.78 is 4.82. The number of carbonyl (C=O) groups is 1. The number of carbonyl (C=O) groups excluding carboxylic acids is 1. The van der Waals surface area contributed by atoms with Gasteiger partial charge < -0.3 is 4.74 Å². The van der Waals surface area contributed by atoms with Crippen molar-refractivity contribution in [1.29, 1.82) is 0 Å². The standard InChI is InChI=1S/C9H16O2S/c1-8(4-3-7-12)5-6-11-9(2)10/h7-8H,3-6H2,1-2H3. The molecular formula is C9H16O2S. The first-order valence-electron chi connectivity index (χ1n) is 4.23. The van der Waals surface area contributed by atoms with E-state index in [4.69, 9.17) is 17.0 Å². The second-order valence-electron chi connectivity index (χ2n) is 2.98. The molecule has 12 heavy (non-hydrogen) atoms. The molecule has 0 aromatic carbocycles. The van der Waals surface area contributed by atoms with Gasteiger partial charge in [-0.1, -0.05) is 19.1 Å². The smallest absolute Gasteiger partial charge is 0.302 e. The molecule has 0 spiro atoms. The molecule has 0 heterocycles. The van der Waals surface area contributed by atoms with E-state index >= 15 is 0 Å². The maximum Gasteiger partial charge on any atom is 0.302 e. The summed E-state index contributed by atoms with van der Waals surface area (Å²) in [6, 6.07) is 0. The minimum Gasteiger partial charge on any atom is -0.466 e. The summed E-state index contributed by atoms with van der Waals surface area (Å²) in [4.78, 5) is 10.4. The SMILES string of the molecule is CC(=O)OCCC(C)CCC=S. The molecule has 0 saturated carbocycles. The largest absolute Gasteiger partial charge is 0.466 e. The van der Waals surface area contributed by atoms with Crippen LogP contribution in [0.4, 0.5) is 0 Å². The topological polar surface area (TPSA) is 26.3 Å². The van der Waals surface area contributed by atoms with Gasteiger partial charge in [0.1, 0.15) is 0 Å². The molecule has 3 heteroatoms. The van der Waals surface area contributed by atoms with E-state index in [1.807, 2.05) is 0 Å². The van der Waals surface area contributed by atoms with Crippen LogP contribution in [0.25, 0.3) is 0 Å². The van der Waals surface area contributed by atoms with Gasteiger partial charge in [0.25, 0.3) is 0 Å². The third-order valence-electron chi connectivity index (χ3n) is 1.69. The molecule has 70 valence electrons. The highest BCUT2D eigenvalue weighted by atomic mass is 32.1. The van der Waals surface area contributed by atoms with Crippen molar-refractivity contribution in [2.75, 3.05) is 6.61 Å². The molecule has 0 aromatic rings. The van der Waals surface area contributed by atoms with Gasteiger partial charge in [0.2, 0.25) is 0 Å². The lowest BCUT2D eigenvalue weighted by Crippen LogP contribution is -2.05. The summed E-state index contributed by atoms with van der Waals surface area (Å²) in [5.74, 6) is 0.389. The van der Waals surface area contributed by atoms with Gasteiger partial charge in [-0.15, -0.1) is 0 Å². The molecule has 0 N–H and O–H groups in total. The van der Waals surface area contributed by atoms with Crippen LogP contribution in [0.3, 0.4) is 0 Å². The Hall–Kier alpha value is -0.440. The number of rotatable bonds is 6. The highest BCUT2D eigenvalue weighted by Gasteiger charge is 2.01. The van der Waals surface area contributed by atoms with Crippen molar-refractivity contribution in [3.8, 4) is 0 Å². The number of ether oxygens (including phenoxy) is 1. The van der Waals surface area contributed by atoms with E-state index in [1.165, 1.54) is 6.92 Å². The van der Waals surface area contributed by atoms with Crippen LogP contribution in [-0.2, 0) is 9.53 Å². The Balaban J connectivity index is 3.24. The molecule has 0 radical (unpaired) electrons. The Morgan fingerprint density at radius 2 is 2.25 bits per heavy atom. The zero-order valence-corrected chi connectivity index (χ0v) is 8.52. The van der Waals surface area contributed by atoms with E-state index in [2.05, 4.69) is 6.92 Å². The third-order valence-corrected chi connectivity index (χ3v) is 1.93. The second kappa shape index (κ2) is 7.22. The van der Waals surface area contributed by atoms with Crippen LogP contribution in [0, 0.1) is 5.92 Å². The zero-order chi connectivity index (χ0) is 9.40. The van der Waals surface area contributed by atoms with E-state index in [1.54, 1.807) is 5.37 Å². The molecule has 0 amide bonds. The van der Waals surface area contributed by atoms with Crippen LogP contribution in [0.1, 0.15) is 33.1 Å². The van der Waals surface area contributed by atoms with Crippen LogP contribution in [-0.4, -0.2) is 17.9 Å². The summed E-state index contributed by atoms with van der Waals surface area (Å²) in [6.45, 7) is 4.11. The lowest BCUT2D eigenvalue weighted by atomic mass is 10.0. The molecule has 0 aliphatic heterocycles. The molecule has 0 aliphatic rings. The van der Waals surface area contributed by atoms with Gasteiger partial charge >= 0.3 is 5.97 Å². The van der Waals surface area contributed by atoms with E-state index < -0.39 is 0 Å². The second-order valence-corrected chi connectivity index (χ2v) is 3.31. The Bertz CT molecular complexity index is 145. The van der Waals surface area contributed by atoms with E-state index in [9.17, 15) is 4.79 Å². The van der Waals surface area contributed by atoms with Crippen LogP contribution in [0.5, 0.6) is 0 Å². The van der Waals surface area contributed by atoms with Gasteiger partial charge in [0, 0.05) is 6.92 Å². The first-order valence-corrected chi connectivity index (χ1v) is 4.71. The van der Waals surface area contributed by atoms with Crippen LogP contribution < -0.4 is 0 Å². The Kier molecular flexibility index (Phi) is 6.96. The van der Waals surface area contributed by atoms with E-state index in [-0.39, 0.29) is 5.97 Å². The van der Waals surface area contributed by atoms with Crippen molar-refractivity contribution >= 4 is 23.6 Å². The van der Waals surface area contributed by atoms with Crippen molar-refractivity contribution in [2.45, 2.75) is 33.1 Å². The number of thiocarbonyl (C=S) groups is 1. The van der Waals surface area contributed by atoms with E-state index in [0.717, 1.165) is 19.3 Å². The highest BCUT2D eigenvalue weighted by molar-refractivity contribution is 7.78. The van der Waals surface area contributed by atoms with Gasteiger partial charge in [-0.2, -0.15) is 0 Å². The van der Waals surface area contributed by atoms with Gasteiger partial charge in [0.05, 0.1) is 6.61 Å². The molecule has 0 aliphatic carbocycles. The van der Waals surface area contributed by atoms with Gasteiger partial charge in [-0.05, 0) is 30.5 Å². The predicted molar refractivity (Wildman–Crippen MR) is 53.3 cm³/mol. The van der Waals surface area contributed by atoms with Crippen LogP contribution >= 0.6 is 12.2 Å². The summed E-state index contributed by atoms with van der Waals surface area (Å²) in [7, 11) is 0. The number of esters is 1. The van der Waals surface area contributed by atoms with Gasteiger partial charge in [-0.25, -0.2) is 0 Å². The van der Waals surface area contributed by atoms with Crippen LogP contribution in [0.15, 0.2) is 0 Å². The van der Waals surface area contributed by atoms with Crippen molar-refractivity contribution < 1.29 is 9.53 Å². The van der Waals surface area contributed by atoms with E-state index in [0.29, 0.717) is 12.5 Å². The lowest BCUT2D eigenvalue weighted by Gasteiger charge is -2.08. The molecule has 0 bridgehead atoms. The third kappa shape index (κ3) is 7.66. The number of hydrogen-bond donors (Lipinski definition) is 0. The average Bonchev–Trinajstić information content (AvgIpc) is 2.00. The molecule has 1 atom stereocenters. The molecule has 0 saturated heterocycles. The molecule has 1 unspecified atom stereocenters. The van der Waals surface area contributed by atoms with Gasteiger partial charge in [-0.3, -0.25) is 4.79 Å². The van der Waals surface area contributed by atoms with Gasteiger partial charge in [0.15, 0.2) is 0 Å². The highest BCUT2D eigenvalue weighted by Crippen LogP contribution is 2.08. The summed E-state index contributed by atoms with van der Waals surface area (Å²) in [5.41, 5.74) is 0. The lowest BCUT2D eigenvalue weighted by molar-refractivity contribution is -0.141. The Labute approximate surface area is 79.3 Å². The zero-order valence-electron chi connectivity index (χ0n) is 7.71. The Morgan fingerprint density at radius 1 is 1.58 bits per heavy atom. The predicted octanol–water partition coefficient (Wildman–Crippen LogP) is 2.36. The van der Waals surface area contributed by atoms with Crippen molar-refractivity contribution in [3.05, 3.63) is 0 Å². The first kappa shape index (κ1) is 11.6. The average molecular weight is 188 g/mol. The monoisotopic (exact) mass is 188 g/mol. The molecule has 0 aromatic heterocycles. The van der Waals surface area contributed by atoms with Crippen molar-refractivity contribution in [3.63, 3.8) is 0 Å². The maximum absolute atomic E-state index is 10.4. The molecule has 0 fully saturated rings. The summed E-state index contributed by atoms with van der Waals surface area (Å²) in [6.07, 6.45) is 2.99. The van der Waals surface area contributed by atoms with Crippen LogP contribution in [0.2, 0.25) is 0 Å². The fourth-order valence-corrected chi connectivity index (χ4v) is 1.04. The first-order chi connectivity index (χ1) is 5.66. The van der Waals surface area contributed by atoms with Crippen molar-refractivity contribution in [1.82, 2.24) is 0 Å². The summed E-state index contributed by atoms with van der Waals surface area (Å²) in [5, 5.41) is 1.75. The fraction of sp³-hybridized carbons (Fsp3) is 0.778. The quantitative estimate of drug-likeness (QED) is 0.473. The molecule has 0 rings (SSSR count).